The number of amides is 1. The van der Waals surface area contributed by atoms with Gasteiger partial charge in [0.1, 0.15) is 5.75 Å². The number of ether oxygens (including phenoxy) is 1. The second kappa shape index (κ2) is 5.02. The molecule has 0 radical (unpaired) electrons. The molecule has 0 spiro atoms. The second-order valence-electron chi connectivity index (χ2n) is 4.48. The van der Waals surface area contributed by atoms with Crippen LogP contribution >= 0.6 is 11.6 Å². The van der Waals surface area contributed by atoms with Crippen molar-refractivity contribution in [1.82, 2.24) is 0 Å². The summed E-state index contributed by atoms with van der Waals surface area (Å²) in [6, 6.07) is 12.9. The average Bonchev–Trinajstić information content (AvgIpc) is 2.74. The number of hydrogen-bond donors (Lipinski definition) is 1. The molecule has 100 valence electrons. The Hall–Kier alpha value is -2.26. The molecule has 3 rings (SSSR count). The Balaban J connectivity index is 2.06. The van der Waals surface area contributed by atoms with E-state index in [0.29, 0.717) is 16.3 Å². The van der Waals surface area contributed by atoms with Crippen LogP contribution in [0.15, 0.2) is 42.5 Å². The van der Waals surface area contributed by atoms with Crippen LogP contribution in [0.5, 0.6) is 5.75 Å². The van der Waals surface area contributed by atoms with Crippen LogP contribution in [0.25, 0.3) is 11.6 Å². The van der Waals surface area contributed by atoms with Crippen LogP contribution in [0, 0.1) is 0 Å². The number of carbonyl (C=O) groups is 1. The molecule has 0 saturated heterocycles. The summed E-state index contributed by atoms with van der Waals surface area (Å²) in [6.45, 7) is 0. The van der Waals surface area contributed by atoms with Gasteiger partial charge in [0.2, 0.25) is 0 Å². The number of hydrogen-bond acceptors (Lipinski definition) is 2. The van der Waals surface area contributed by atoms with E-state index in [2.05, 4.69) is 5.32 Å². The Bertz CT molecular complexity index is 722. The summed E-state index contributed by atoms with van der Waals surface area (Å²) >= 11 is 5.96. The molecule has 1 heterocycles. The monoisotopic (exact) mass is 285 g/mol. The average molecular weight is 286 g/mol. The number of halogens is 1. The largest absolute Gasteiger partial charge is 0.497 e. The SMILES string of the molecule is COc1ccc2c(c1)NC(=O)/C2=C\c1cccc(Cl)c1. The molecule has 1 aliphatic heterocycles. The first-order valence-corrected chi connectivity index (χ1v) is 6.52. The molecule has 0 aliphatic carbocycles. The number of carbonyl (C=O) groups excluding carboxylic acids is 1. The lowest BCUT2D eigenvalue weighted by atomic mass is 10.0. The zero-order chi connectivity index (χ0) is 14.1. The van der Waals surface area contributed by atoms with E-state index in [0.717, 1.165) is 16.8 Å². The minimum absolute atomic E-state index is 0.117. The summed E-state index contributed by atoms with van der Waals surface area (Å²) in [5.41, 5.74) is 3.16. The van der Waals surface area contributed by atoms with E-state index in [-0.39, 0.29) is 5.91 Å². The van der Waals surface area contributed by atoms with E-state index in [1.807, 2.05) is 42.5 Å². The number of rotatable bonds is 2. The third kappa shape index (κ3) is 2.28. The molecule has 4 heteroatoms. The Morgan fingerprint density at radius 1 is 1.20 bits per heavy atom. The zero-order valence-corrected chi connectivity index (χ0v) is 11.6. The Labute approximate surface area is 121 Å². The second-order valence-corrected chi connectivity index (χ2v) is 4.92. The molecule has 0 unspecified atom stereocenters. The van der Waals surface area contributed by atoms with Crippen LogP contribution in [-0.4, -0.2) is 13.0 Å². The van der Waals surface area contributed by atoms with Gasteiger partial charge in [-0.25, -0.2) is 0 Å². The fourth-order valence-corrected chi connectivity index (χ4v) is 2.41. The van der Waals surface area contributed by atoms with Crippen molar-refractivity contribution in [2.24, 2.45) is 0 Å². The molecule has 0 aromatic heterocycles. The number of benzene rings is 2. The maximum Gasteiger partial charge on any atom is 0.256 e. The molecular weight excluding hydrogens is 274 g/mol. The van der Waals surface area contributed by atoms with Crippen LogP contribution in [-0.2, 0) is 4.79 Å². The fourth-order valence-electron chi connectivity index (χ4n) is 2.21. The predicted molar refractivity (Wildman–Crippen MR) is 80.9 cm³/mol. The first-order valence-electron chi connectivity index (χ1n) is 6.14. The lowest BCUT2D eigenvalue weighted by Gasteiger charge is -2.02. The highest BCUT2D eigenvalue weighted by Gasteiger charge is 2.24. The van der Waals surface area contributed by atoms with Gasteiger partial charge in [0.15, 0.2) is 0 Å². The van der Waals surface area contributed by atoms with Gasteiger partial charge in [0.05, 0.1) is 12.8 Å². The molecule has 2 aromatic rings. The highest BCUT2D eigenvalue weighted by Crippen LogP contribution is 2.35. The van der Waals surface area contributed by atoms with Crippen LogP contribution in [0.2, 0.25) is 5.02 Å². The molecule has 0 atom stereocenters. The van der Waals surface area contributed by atoms with E-state index in [4.69, 9.17) is 16.3 Å². The lowest BCUT2D eigenvalue weighted by Crippen LogP contribution is -2.03. The number of nitrogens with one attached hydrogen (secondary N) is 1. The van der Waals surface area contributed by atoms with E-state index in [1.54, 1.807) is 13.2 Å². The van der Waals surface area contributed by atoms with E-state index in [1.165, 1.54) is 0 Å². The number of fused-ring (bicyclic) bond motifs is 1. The molecule has 3 nitrogen and oxygen atoms in total. The molecule has 1 N–H and O–H groups in total. The summed E-state index contributed by atoms with van der Waals surface area (Å²) in [7, 11) is 1.60. The van der Waals surface area contributed by atoms with Gasteiger partial charge in [-0.3, -0.25) is 4.79 Å². The van der Waals surface area contributed by atoms with Crippen molar-refractivity contribution in [3.63, 3.8) is 0 Å². The van der Waals surface area contributed by atoms with Crippen LogP contribution in [0.1, 0.15) is 11.1 Å². The molecule has 1 amide bonds. The maximum absolute atomic E-state index is 12.1. The topological polar surface area (TPSA) is 38.3 Å². The summed E-state index contributed by atoms with van der Waals surface area (Å²) in [5, 5.41) is 3.48. The maximum atomic E-state index is 12.1. The predicted octanol–water partition coefficient (Wildman–Crippen LogP) is 3.84. The van der Waals surface area contributed by atoms with Crippen molar-refractivity contribution in [1.29, 1.82) is 0 Å². The van der Waals surface area contributed by atoms with E-state index in [9.17, 15) is 4.79 Å². The standard InChI is InChI=1S/C16H12ClNO2/c1-20-12-5-6-13-14(16(19)18-15(13)9-12)8-10-3-2-4-11(17)7-10/h2-9H,1H3,(H,18,19)/b14-8-. The summed E-state index contributed by atoms with van der Waals surface area (Å²) in [6.07, 6.45) is 1.83. The van der Waals surface area contributed by atoms with Gasteiger partial charge in [0.25, 0.3) is 5.91 Å². The molecule has 0 fully saturated rings. The summed E-state index contributed by atoms with van der Waals surface area (Å²) in [4.78, 5) is 12.1. The van der Waals surface area contributed by atoms with E-state index >= 15 is 0 Å². The molecular formula is C16H12ClNO2. The first kappa shape index (κ1) is 12.8. The lowest BCUT2D eigenvalue weighted by molar-refractivity contribution is -0.110. The van der Waals surface area contributed by atoms with Crippen molar-refractivity contribution < 1.29 is 9.53 Å². The highest BCUT2D eigenvalue weighted by molar-refractivity contribution is 6.35. The van der Waals surface area contributed by atoms with Crippen LogP contribution < -0.4 is 10.1 Å². The van der Waals surface area contributed by atoms with Gasteiger partial charge < -0.3 is 10.1 Å². The van der Waals surface area contributed by atoms with E-state index < -0.39 is 0 Å². The van der Waals surface area contributed by atoms with Crippen LogP contribution in [0.3, 0.4) is 0 Å². The van der Waals surface area contributed by atoms with Crippen molar-refractivity contribution in [2.45, 2.75) is 0 Å². The highest BCUT2D eigenvalue weighted by atomic mass is 35.5. The molecule has 2 aromatic carbocycles. The molecule has 0 bridgehead atoms. The molecule has 1 aliphatic rings. The van der Waals surface area contributed by atoms with Gasteiger partial charge in [-0.2, -0.15) is 0 Å². The number of methoxy groups -OCH3 is 1. The molecule has 0 saturated carbocycles. The zero-order valence-electron chi connectivity index (χ0n) is 10.8. The Morgan fingerprint density at radius 3 is 2.80 bits per heavy atom. The van der Waals surface area contributed by atoms with Crippen molar-refractivity contribution in [2.75, 3.05) is 12.4 Å². The van der Waals surface area contributed by atoms with Crippen LogP contribution in [0.4, 0.5) is 5.69 Å². The van der Waals surface area contributed by atoms with Crippen molar-refractivity contribution in [3.05, 3.63) is 58.6 Å². The van der Waals surface area contributed by atoms with Gasteiger partial charge in [-0.05, 0) is 35.9 Å². The smallest absolute Gasteiger partial charge is 0.256 e. The summed E-state index contributed by atoms with van der Waals surface area (Å²) < 4.78 is 5.16. The normalized spacial score (nSPS) is 15.1. The van der Waals surface area contributed by atoms with Gasteiger partial charge in [-0.1, -0.05) is 23.7 Å². The minimum atomic E-state index is -0.117. The third-order valence-corrected chi connectivity index (χ3v) is 3.40. The fraction of sp³-hybridized carbons (Fsp3) is 0.0625. The van der Waals surface area contributed by atoms with Gasteiger partial charge >= 0.3 is 0 Å². The van der Waals surface area contributed by atoms with Crippen molar-refractivity contribution in [3.8, 4) is 5.75 Å². The first-order chi connectivity index (χ1) is 9.67. The van der Waals surface area contributed by atoms with Gasteiger partial charge in [-0.15, -0.1) is 0 Å². The molecule has 20 heavy (non-hydrogen) atoms. The van der Waals surface area contributed by atoms with Crippen molar-refractivity contribution >= 4 is 34.8 Å². The minimum Gasteiger partial charge on any atom is -0.497 e. The quantitative estimate of drug-likeness (QED) is 0.851. The van der Waals surface area contributed by atoms with Gasteiger partial charge in [0, 0.05) is 22.2 Å². The Morgan fingerprint density at radius 2 is 2.05 bits per heavy atom. The number of anilines is 1. The third-order valence-electron chi connectivity index (χ3n) is 3.17. The Kier molecular flexibility index (Phi) is 3.20. The summed E-state index contributed by atoms with van der Waals surface area (Å²) in [5.74, 6) is 0.598.